The summed E-state index contributed by atoms with van der Waals surface area (Å²) < 4.78 is 0. The highest BCUT2D eigenvalue weighted by Crippen LogP contribution is 2.37. The van der Waals surface area contributed by atoms with Gasteiger partial charge in [-0.05, 0) is 67.1 Å². The number of carbonyl (C=O) groups excluding carboxylic acids is 2. The fourth-order valence-electron chi connectivity index (χ4n) is 3.51. The molecule has 4 aromatic carbocycles. The maximum absolute atomic E-state index is 13.3. The van der Waals surface area contributed by atoms with Gasteiger partial charge >= 0.3 is 5.97 Å². The minimum absolute atomic E-state index is 0.0203. The van der Waals surface area contributed by atoms with Crippen molar-refractivity contribution in [3.05, 3.63) is 124 Å². The summed E-state index contributed by atoms with van der Waals surface area (Å²) in [4.78, 5) is 38.0. The lowest BCUT2D eigenvalue weighted by atomic mass is 10.1. The van der Waals surface area contributed by atoms with Gasteiger partial charge in [0.2, 0.25) is 5.91 Å². The molecule has 0 aliphatic heterocycles. The van der Waals surface area contributed by atoms with E-state index in [1.807, 2.05) is 61.5 Å². The molecule has 0 fully saturated rings. The molecule has 186 valence electrons. The molecule has 0 aromatic heterocycles. The van der Waals surface area contributed by atoms with Crippen LogP contribution in [-0.4, -0.2) is 22.9 Å². The Labute approximate surface area is 223 Å². The van der Waals surface area contributed by atoms with Crippen molar-refractivity contribution < 1.29 is 19.5 Å². The Balaban J connectivity index is 1.51. The van der Waals surface area contributed by atoms with E-state index in [1.165, 1.54) is 30.0 Å². The summed E-state index contributed by atoms with van der Waals surface area (Å²) in [5.41, 5.74) is 3.29. The molecule has 0 aliphatic carbocycles. The lowest BCUT2D eigenvalue weighted by Crippen LogP contribution is -2.19. The summed E-state index contributed by atoms with van der Waals surface area (Å²) in [5, 5.41) is 14.5. The Morgan fingerprint density at radius 2 is 1.46 bits per heavy atom. The summed E-state index contributed by atoms with van der Waals surface area (Å²) >= 11 is 7.54. The van der Waals surface area contributed by atoms with Crippen LogP contribution in [0.5, 0.6) is 0 Å². The first kappa shape index (κ1) is 26.0. The maximum Gasteiger partial charge on any atom is 0.335 e. The molecule has 1 unspecified atom stereocenters. The minimum atomic E-state index is -1.12. The van der Waals surface area contributed by atoms with Gasteiger partial charge in [-0.2, -0.15) is 0 Å². The van der Waals surface area contributed by atoms with Gasteiger partial charge in [-0.1, -0.05) is 59.6 Å². The van der Waals surface area contributed by atoms with Gasteiger partial charge in [-0.25, -0.2) is 4.79 Å². The van der Waals surface area contributed by atoms with Gasteiger partial charge in [0, 0.05) is 16.1 Å². The largest absolute Gasteiger partial charge is 0.478 e. The van der Waals surface area contributed by atoms with Gasteiger partial charge in [0.05, 0.1) is 16.3 Å². The van der Waals surface area contributed by atoms with Crippen LogP contribution in [0.3, 0.4) is 0 Å². The van der Waals surface area contributed by atoms with Gasteiger partial charge in [0.1, 0.15) is 5.25 Å². The van der Waals surface area contributed by atoms with Crippen LogP contribution in [0.25, 0.3) is 0 Å². The first-order valence-electron chi connectivity index (χ1n) is 11.3. The molecule has 0 heterocycles. The molecule has 0 bridgehead atoms. The molecule has 4 aromatic rings. The Morgan fingerprint density at radius 1 is 0.811 bits per heavy atom. The molecular formula is C29H23ClN2O4S. The summed E-state index contributed by atoms with van der Waals surface area (Å²) in [7, 11) is 0. The number of carbonyl (C=O) groups is 3. The van der Waals surface area contributed by atoms with E-state index in [0.717, 1.165) is 16.0 Å². The van der Waals surface area contributed by atoms with E-state index < -0.39 is 11.2 Å². The highest BCUT2D eigenvalue weighted by Gasteiger charge is 2.23. The molecule has 4 rings (SSSR count). The van der Waals surface area contributed by atoms with Crippen molar-refractivity contribution >= 4 is 52.5 Å². The van der Waals surface area contributed by atoms with Gasteiger partial charge in [0.25, 0.3) is 5.91 Å². The number of benzene rings is 4. The number of anilines is 2. The molecule has 0 spiro atoms. The van der Waals surface area contributed by atoms with Gasteiger partial charge in [0.15, 0.2) is 0 Å². The van der Waals surface area contributed by atoms with Crippen LogP contribution in [-0.2, 0) is 4.79 Å². The van der Waals surface area contributed by atoms with Crippen LogP contribution in [0.4, 0.5) is 11.4 Å². The predicted octanol–water partition coefficient (Wildman–Crippen LogP) is 7.07. The number of aromatic carboxylic acids is 1. The average molecular weight is 531 g/mol. The lowest BCUT2D eigenvalue weighted by Gasteiger charge is -2.18. The second kappa shape index (κ2) is 11.8. The van der Waals surface area contributed by atoms with Crippen LogP contribution in [0, 0.1) is 6.92 Å². The zero-order valence-electron chi connectivity index (χ0n) is 19.8. The first-order valence-corrected chi connectivity index (χ1v) is 12.6. The van der Waals surface area contributed by atoms with E-state index in [0.29, 0.717) is 11.3 Å². The van der Waals surface area contributed by atoms with Crippen LogP contribution < -0.4 is 10.6 Å². The monoisotopic (exact) mass is 530 g/mol. The standard InChI is InChI=1S/C29H23ClN2O4S/c1-18-7-9-20(10-8-18)27(33)31-22-12-14-23(15-13-22)37-26(19-5-3-2-4-6-19)28(34)32-25-17-21(29(35)36)11-16-24(25)30/h2-17,26H,1H3,(H,31,33)(H,32,34)(H,35,36). The van der Waals surface area contributed by atoms with E-state index in [2.05, 4.69) is 10.6 Å². The van der Waals surface area contributed by atoms with Crippen molar-refractivity contribution in [1.29, 1.82) is 0 Å². The van der Waals surface area contributed by atoms with E-state index in [9.17, 15) is 19.5 Å². The number of amides is 2. The smallest absolute Gasteiger partial charge is 0.335 e. The summed E-state index contributed by atoms with van der Waals surface area (Å²) in [6.45, 7) is 1.96. The predicted molar refractivity (Wildman–Crippen MR) is 148 cm³/mol. The minimum Gasteiger partial charge on any atom is -0.478 e. The molecule has 6 nitrogen and oxygen atoms in total. The zero-order chi connectivity index (χ0) is 26.4. The number of rotatable bonds is 8. The van der Waals surface area contributed by atoms with E-state index in [4.69, 9.17) is 11.6 Å². The van der Waals surface area contributed by atoms with Crippen LogP contribution >= 0.6 is 23.4 Å². The summed E-state index contributed by atoms with van der Waals surface area (Å²) in [6.07, 6.45) is 0. The molecule has 37 heavy (non-hydrogen) atoms. The van der Waals surface area contributed by atoms with Crippen LogP contribution in [0.15, 0.2) is 102 Å². The summed E-state index contributed by atoms with van der Waals surface area (Å²) in [5.74, 6) is -1.67. The fourth-order valence-corrected chi connectivity index (χ4v) is 4.70. The van der Waals surface area contributed by atoms with Crippen molar-refractivity contribution in [3.63, 3.8) is 0 Å². The Kier molecular flexibility index (Phi) is 8.28. The maximum atomic E-state index is 13.3. The molecule has 2 amide bonds. The highest BCUT2D eigenvalue weighted by atomic mass is 35.5. The average Bonchev–Trinajstić information content (AvgIpc) is 2.90. The number of aryl methyl sites for hydroxylation is 1. The molecule has 8 heteroatoms. The Bertz CT molecular complexity index is 1420. The molecule has 1 atom stereocenters. The number of thioether (sulfide) groups is 1. The highest BCUT2D eigenvalue weighted by molar-refractivity contribution is 8.00. The number of halogens is 1. The van der Waals surface area contributed by atoms with Crippen molar-refractivity contribution in [1.82, 2.24) is 0 Å². The molecule has 0 aliphatic rings. The van der Waals surface area contributed by atoms with E-state index in [-0.39, 0.29) is 28.1 Å². The SMILES string of the molecule is Cc1ccc(C(=O)Nc2ccc(SC(C(=O)Nc3cc(C(=O)O)ccc3Cl)c3ccccc3)cc2)cc1. The van der Waals surface area contributed by atoms with Gasteiger partial charge in [-0.3, -0.25) is 9.59 Å². The van der Waals surface area contributed by atoms with E-state index >= 15 is 0 Å². The molecule has 0 saturated heterocycles. The number of carboxylic acid groups (broad SMARTS) is 1. The topological polar surface area (TPSA) is 95.5 Å². The second-order valence-corrected chi connectivity index (χ2v) is 9.83. The number of carboxylic acids is 1. The molecule has 0 saturated carbocycles. The molecule has 3 N–H and O–H groups in total. The van der Waals surface area contributed by atoms with Crippen molar-refractivity contribution in [2.75, 3.05) is 10.6 Å². The van der Waals surface area contributed by atoms with Gasteiger partial charge in [-0.15, -0.1) is 11.8 Å². The van der Waals surface area contributed by atoms with Crippen molar-refractivity contribution in [3.8, 4) is 0 Å². The molecular weight excluding hydrogens is 508 g/mol. The van der Waals surface area contributed by atoms with Gasteiger partial charge < -0.3 is 15.7 Å². The normalized spacial score (nSPS) is 11.4. The Morgan fingerprint density at radius 3 is 2.11 bits per heavy atom. The third kappa shape index (κ3) is 6.78. The number of nitrogens with one attached hydrogen (secondary N) is 2. The number of hydrogen-bond donors (Lipinski definition) is 3. The van der Waals surface area contributed by atoms with Crippen molar-refractivity contribution in [2.24, 2.45) is 0 Å². The molecule has 0 radical (unpaired) electrons. The quantitative estimate of drug-likeness (QED) is 0.212. The second-order valence-electron chi connectivity index (χ2n) is 8.24. The third-order valence-electron chi connectivity index (χ3n) is 5.49. The van der Waals surface area contributed by atoms with E-state index in [1.54, 1.807) is 24.3 Å². The first-order chi connectivity index (χ1) is 17.8. The number of hydrogen-bond acceptors (Lipinski definition) is 4. The fraction of sp³-hybridized carbons (Fsp3) is 0.0690. The van der Waals surface area contributed by atoms with Crippen LogP contribution in [0.1, 0.15) is 37.1 Å². The summed E-state index contributed by atoms with van der Waals surface area (Å²) in [6, 6.07) is 27.9. The zero-order valence-corrected chi connectivity index (χ0v) is 21.3. The van der Waals surface area contributed by atoms with Crippen LogP contribution in [0.2, 0.25) is 5.02 Å². The Hall–Kier alpha value is -4.07. The third-order valence-corrected chi connectivity index (χ3v) is 7.09. The van der Waals surface area contributed by atoms with Crippen molar-refractivity contribution in [2.45, 2.75) is 17.1 Å². The lowest BCUT2D eigenvalue weighted by molar-refractivity contribution is -0.115.